The average molecular weight is 496 g/mol. The van der Waals surface area contributed by atoms with Crippen LogP contribution in [-0.2, 0) is 24.8 Å². The Hall–Kier alpha value is -2.63. The van der Waals surface area contributed by atoms with Crippen molar-refractivity contribution in [3.8, 4) is 5.75 Å². The van der Waals surface area contributed by atoms with Crippen LogP contribution in [0.15, 0.2) is 41.3 Å². The molecule has 0 spiro atoms. The van der Waals surface area contributed by atoms with Crippen molar-refractivity contribution in [2.75, 3.05) is 42.6 Å². The zero-order chi connectivity index (χ0) is 24.4. The van der Waals surface area contributed by atoms with Gasteiger partial charge in [-0.05, 0) is 56.5 Å². The number of hydrogen-bond acceptors (Lipinski definition) is 6. The van der Waals surface area contributed by atoms with E-state index in [4.69, 9.17) is 4.74 Å². The maximum Gasteiger partial charge on any atom is 0.245 e. The van der Waals surface area contributed by atoms with E-state index in [0.717, 1.165) is 29.0 Å². The lowest BCUT2D eigenvalue weighted by atomic mass is 10.1. The highest BCUT2D eigenvalue weighted by molar-refractivity contribution is 7.92. The van der Waals surface area contributed by atoms with Gasteiger partial charge in [0.1, 0.15) is 12.3 Å². The Morgan fingerprint density at radius 3 is 2.30 bits per heavy atom. The molecule has 2 aromatic carbocycles. The molecular formula is C22H29N3O6S2. The van der Waals surface area contributed by atoms with Crippen LogP contribution in [0.5, 0.6) is 5.75 Å². The SMILES string of the molecule is COc1ccc(S(=O)(=O)N2CCCC2)cc1NC(=O)CN(c1ccc(C)cc1C)S(C)(=O)=O. The number of amides is 1. The van der Waals surface area contributed by atoms with E-state index >= 15 is 0 Å². The van der Waals surface area contributed by atoms with Crippen molar-refractivity contribution in [1.82, 2.24) is 4.31 Å². The van der Waals surface area contributed by atoms with Gasteiger partial charge in [-0.3, -0.25) is 9.10 Å². The fourth-order valence-electron chi connectivity index (χ4n) is 3.81. The summed E-state index contributed by atoms with van der Waals surface area (Å²) in [5, 5.41) is 2.61. The Morgan fingerprint density at radius 2 is 1.73 bits per heavy atom. The monoisotopic (exact) mass is 495 g/mol. The number of hydrogen-bond donors (Lipinski definition) is 1. The zero-order valence-corrected chi connectivity index (χ0v) is 20.8. The number of carbonyl (C=O) groups excluding carboxylic acids is 1. The van der Waals surface area contributed by atoms with Gasteiger partial charge < -0.3 is 10.1 Å². The molecule has 0 atom stereocenters. The molecule has 3 rings (SSSR count). The van der Waals surface area contributed by atoms with Crippen molar-refractivity contribution in [1.29, 1.82) is 0 Å². The maximum absolute atomic E-state index is 12.9. The summed E-state index contributed by atoms with van der Waals surface area (Å²) in [7, 11) is -6.06. The molecule has 180 valence electrons. The molecule has 1 fully saturated rings. The molecule has 1 amide bonds. The minimum Gasteiger partial charge on any atom is -0.495 e. The highest BCUT2D eigenvalue weighted by atomic mass is 32.2. The number of aryl methyl sites for hydroxylation is 2. The summed E-state index contributed by atoms with van der Waals surface area (Å²) in [6.45, 7) is 4.09. The standard InChI is InChI=1S/C22H29N3O6S2/c1-16-7-9-20(17(2)13-16)25(32(4,27)28)15-22(26)23-19-14-18(8-10-21(19)31-3)33(29,30)24-11-5-6-12-24/h7-10,13-14H,5-6,11-12,15H2,1-4H3,(H,23,26). The normalized spacial score (nSPS) is 14.8. The molecule has 0 unspecified atom stereocenters. The third kappa shape index (κ3) is 5.66. The van der Waals surface area contributed by atoms with E-state index in [1.807, 2.05) is 13.0 Å². The number of nitrogens with one attached hydrogen (secondary N) is 1. The molecule has 0 aromatic heterocycles. The summed E-state index contributed by atoms with van der Waals surface area (Å²) in [6.07, 6.45) is 2.64. The first-order valence-corrected chi connectivity index (χ1v) is 13.8. The van der Waals surface area contributed by atoms with E-state index in [1.54, 1.807) is 19.1 Å². The highest BCUT2D eigenvalue weighted by Gasteiger charge is 2.28. The fraction of sp³-hybridized carbons (Fsp3) is 0.409. The molecule has 0 radical (unpaired) electrons. The van der Waals surface area contributed by atoms with E-state index in [2.05, 4.69) is 5.32 Å². The summed E-state index contributed by atoms with van der Waals surface area (Å²) in [6, 6.07) is 9.50. The number of rotatable bonds is 8. The van der Waals surface area contributed by atoms with Crippen molar-refractivity contribution in [2.24, 2.45) is 0 Å². The Kier molecular flexibility index (Phi) is 7.35. The smallest absolute Gasteiger partial charge is 0.245 e. The zero-order valence-electron chi connectivity index (χ0n) is 19.2. The lowest BCUT2D eigenvalue weighted by Crippen LogP contribution is -2.38. The molecular weight excluding hydrogens is 466 g/mol. The Bertz CT molecular complexity index is 1250. The van der Waals surface area contributed by atoms with Crippen LogP contribution in [0, 0.1) is 13.8 Å². The number of benzene rings is 2. The summed E-state index contributed by atoms with van der Waals surface area (Å²) < 4.78 is 58.4. The van der Waals surface area contributed by atoms with E-state index in [0.29, 0.717) is 24.3 Å². The van der Waals surface area contributed by atoms with Gasteiger partial charge in [-0.2, -0.15) is 4.31 Å². The summed E-state index contributed by atoms with van der Waals surface area (Å²) in [5.74, 6) is -0.365. The first-order valence-electron chi connectivity index (χ1n) is 10.5. The van der Waals surface area contributed by atoms with Crippen LogP contribution >= 0.6 is 0 Å². The van der Waals surface area contributed by atoms with Crippen molar-refractivity contribution >= 4 is 37.3 Å². The predicted octanol–water partition coefficient (Wildman–Crippen LogP) is 2.50. The fourth-order valence-corrected chi connectivity index (χ4v) is 6.27. The van der Waals surface area contributed by atoms with Crippen LogP contribution in [-0.4, -0.2) is 60.0 Å². The Balaban J connectivity index is 1.89. The van der Waals surface area contributed by atoms with Gasteiger partial charge in [-0.25, -0.2) is 16.8 Å². The molecule has 33 heavy (non-hydrogen) atoms. The number of anilines is 2. The van der Waals surface area contributed by atoms with Gasteiger partial charge in [0.2, 0.25) is 26.0 Å². The van der Waals surface area contributed by atoms with Gasteiger partial charge in [0.05, 0.1) is 29.6 Å². The van der Waals surface area contributed by atoms with Crippen molar-refractivity contribution in [3.63, 3.8) is 0 Å². The summed E-state index contributed by atoms with van der Waals surface area (Å²) in [4.78, 5) is 12.9. The lowest BCUT2D eigenvalue weighted by molar-refractivity contribution is -0.114. The molecule has 1 aliphatic heterocycles. The van der Waals surface area contributed by atoms with Gasteiger partial charge in [0, 0.05) is 13.1 Å². The molecule has 1 aliphatic rings. The van der Waals surface area contributed by atoms with E-state index in [-0.39, 0.29) is 16.3 Å². The molecule has 0 bridgehead atoms. The van der Waals surface area contributed by atoms with Crippen LogP contribution in [0.4, 0.5) is 11.4 Å². The van der Waals surface area contributed by atoms with Crippen molar-refractivity contribution in [3.05, 3.63) is 47.5 Å². The first kappa shape index (κ1) is 25.0. The summed E-state index contributed by atoms with van der Waals surface area (Å²) in [5.41, 5.74) is 2.23. The highest BCUT2D eigenvalue weighted by Crippen LogP contribution is 2.30. The van der Waals surface area contributed by atoms with Gasteiger partial charge in [-0.15, -0.1) is 0 Å². The lowest BCUT2D eigenvalue weighted by Gasteiger charge is -2.24. The van der Waals surface area contributed by atoms with E-state index < -0.39 is 32.5 Å². The van der Waals surface area contributed by atoms with Gasteiger partial charge in [-0.1, -0.05) is 17.7 Å². The number of carbonyl (C=O) groups is 1. The van der Waals surface area contributed by atoms with Crippen molar-refractivity contribution < 1.29 is 26.4 Å². The number of nitrogens with zero attached hydrogens (tertiary/aromatic N) is 2. The second kappa shape index (κ2) is 9.70. The number of sulfonamides is 2. The Labute approximate surface area is 195 Å². The van der Waals surface area contributed by atoms with Gasteiger partial charge >= 0.3 is 0 Å². The summed E-state index contributed by atoms with van der Waals surface area (Å²) >= 11 is 0. The minimum atomic E-state index is -3.76. The molecule has 1 N–H and O–H groups in total. The molecule has 0 aliphatic carbocycles. The van der Waals surface area contributed by atoms with Crippen LogP contribution in [0.2, 0.25) is 0 Å². The van der Waals surface area contributed by atoms with Crippen LogP contribution in [0.25, 0.3) is 0 Å². The largest absolute Gasteiger partial charge is 0.495 e. The average Bonchev–Trinajstić information content (AvgIpc) is 3.27. The topological polar surface area (TPSA) is 113 Å². The molecule has 9 nitrogen and oxygen atoms in total. The third-order valence-corrected chi connectivity index (χ3v) is 8.48. The van der Waals surface area contributed by atoms with Crippen LogP contribution in [0.1, 0.15) is 24.0 Å². The third-order valence-electron chi connectivity index (χ3n) is 5.46. The van der Waals surface area contributed by atoms with E-state index in [9.17, 15) is 21.6 Å². The van der Waals surface area contributed by atoms with Gasteiger partial charge in [0.25, 0.3) is 0 Å². The Morgan fingerprint density at radius 1 is 1.06 bits per heavy atom. The minimum absolute atomic E-state index is 0.0369. The number of ether oxygens (including phenoxy) is 1. The quantitative estimate of drug-likeness (QED) is 0.602. The van der Waals surface area contributed by atoms with Crippen molar-refractivity contribution in [2.45, 2.75) is 31.6 Å². The molecule has 11 heteroatoms. The van der Waals surface area contributed by atoms with E-state index in [1.165, 1.54) is 29.6 Å². The van der Waals surface area contributed by atoms with Gasteiger partial charge in [0.15, 0.2) is 0 Å². The predicted molar refractivity (Wildman–Crippen MR) is 128 cm³/mol. The molecule has 1 saturated heterocycles. The first-order chi connectivity index (χ1) is 15.4. The second-order valence-electron chi connectivity index (χ2n) is 8.08. The molecule has 0 saturated carbocycles. The molecule has 2 aromatic rings. The molecule has 1 heterocycles. The van der Waals surface area contributed by atoms with Crippen LogP contribution in [0.3, 0.4) is 0 Å². The second-order valence-corrected chi connectivity index (χ2v) is 11.9. The maximum atomic E-state index is 12.9. The number of methoxy groups -OCH3 is 1. The van der Waals surface area contributed by atoms with Crippen LogP contribution < -0.4 is 14.4 Å².